The zero-order chi connectivity index (χ0) is 17.0. The molecule has 0 spiro atoms. The molecule has 1 fully saturated rings. The molecule has 2 N–H and O–H groups in total. The maximum Gasteiger partial charge on any atom is 0.239 e. The second kappa shape index (κ2) is 7.51. The highest BCUT2D eigenvalue weighted by Crippen LogP contribution is 2.26. The lowest BCUT2D eigenvalue weighted by Crippen LogP contribution is -2.44. The maximum atomic E-state index is 12.3. The van der Waals surface area contributed by atoms with Gasteiger partial charge in [0.05, 0.1) is 23.4 Å². The molecule has 1 amide bonds. The van der Waals surface area contributed by atoms with Crippen LogP contribution in [-0.4, -0.2) is 56.5 Å². The summed E-state index contributed by atoms with van der Waals surface area (Å²) in [6.45, 7) is 0.969. The summed E-state index contributed by atoms with van der Waals surface area (Å²) in [7, 11) is -3.12. The molecule has 2 rings (SSSR count). The zero-order valence-electron chi connectivity index (χ0n) is 12.9. The van der Waals surface area contributed by atoms with Crippen LogP contribution in [0.2, 0.25) is 5.02 Å². The Morgan fingerprint density at radius 1 is 1.48 bits per heavy atom. The highest BCUT2D eigenvalue weighted by molar-refractivity contribution is 7.90. The molecule has 0 aliphatic carbocycles. The van der Waals surface area contributed by atoms with Crippen LogP contribution in [0.4, 0.5) is 0 Å². The van der Waals surface area contributed by atoms with Gasteiger partial charge < -0.3 is 15.4 Å². The van der Waals surface area contributed by atoms with Gasteiger partial charge in [0, 0.05) is 19.2 Å². The minimum Gasteiger partial charge on any atom is -0.487 e. The van der Waals surface area contributed by atoms with Crippen molar-refractivity contribution in [2.75, 3.05) is 25.1 Å². The Morgan fingerprint density at radius 3 is 2.83 bits per heavy atom. The molecule has 1 aliphatic rings. The number of ether oxygens (including phenoxy) is 1. The van der Waals surface area contributed by atoms with Gasteiger partial charge in [-0.25, -0.2) is 8.42 Å². The van der Waals surface area contributed by atoms with E-state index in [1.54, 1.807) is 17.0 Å². The lowest BCUT2D eigenvalue weighted by atomic mass is 10.2. The predicted molar refractivity (Wildman–Crippen MR) is 89.4 cm³/mol. The van der Waals surface area contributed by atoms with Gasteiger partial charge in [0.1, 0.15) is 21.7 Å². The summed E-state index contributed by atoms with van der Waals surface area (Å²) in [5, 5.41) is 0.530. The SMILES string of the molecule is CS(=O)(=O)CCC(N)C(=O)N1CCC(Oc2ccccc2Cl)C1. The number of rotatable bonds is 6. The Hall–Kier alpha value is -1.31. The summed E-state index contributed by atoms with van der Waals surface area (Å²) in [4.78, 5) is 13.9. The lowest BCUT2D eigenvalue weighted by Gasteiger charge is -2.21. The van der Waals surface area contributed by atoms with Crippen molar-refractivity contribution in [1.29, 1.82) is 0 Å². The molecule has 0 bridgehead atoms. The fourth-order valence-electron chi connectivity index (χ4n) is 2.44. The molecule has 0 radical (unpaired) electrons. The van der Waals surface area contributed by atoms with Crippen LogP contribution in [0.5, 0.6) is 5.75 Å². The maximum absolute atomic E-state index is 12.3. The van der Waals surface area contributed by atoms with Crippen LogP contribution < -0.4 is 10.5 Å². The molecule has 2 unspecified atom stereocenters. The molecule has 8 heteroatoms. The highest BCUT2D eigenvalue weighted by Gasteiger charge is 2.30. The van der Waals surface area contributed by atoms with Crippen LogP contribution >= 0.6 is 11.6 Å². The van der Waals surface area contributed by atoms with E-state index in [1.165, 1.54) is 0 Å². The number of sulfone groups is 1. The van der Waals surface area contributed by atoms with Crippen LogP contribution in [0.25, 0.3) is 0 Å². The monoisotopic (exact) mass is 360 g/mol. The Bertz CT molecular complexity index is 665. The van der Waals surface area contributed by atoms with Gasteiger partial charge >= 0.3 is 0 Å². The average molecular weight is 361 g/mol. The van der Waals surface area contributed by atoms with Gasteiger partial charge in [-0.1, -0.05) is 23.7 Å². The normalized spacial score (nSPS) is 19.6. The van der Waals surface area contributed by atoms with Crippen molar-refractivity contribution in [1.82, 2.24) is 4.90 Å². The Labute approximate surface area is 141 Å². The van der Waals surface area contributed by atoms with Gasteiger partial charge in [-0.15, -0.1) is 0 Å². The molecule has 0 saturated carbocycles. The number of amides is 1. The van der Waals surface area contributed by atoms with E-state index in [2.05, 4.69) is 0 Å². The van der Waals surface area contributed by atoms with Crippen molar-refractivity contribution in [2.45, 2.75) is 25.0 Å². The molecule has 128 valence electrons. The molecule has 1 heterocycles. The number of hydrogen-bond donors (Lipinski definition) is 1. The molecule has 1 aromatic carbocycles. The van der Waals surface area contributed by atoms with Crippen molar-refractivity contribution in [3.63, 3.8) is 0 Å². The zero-order valence-corrected chi connectivity index (χ0v) is 14.5. The first-order valence-electron chi connectivity index (χ1n) is 7.39. The molecule has 2 atom stereocenters. The van der Waals surface area contributed by atoms with Crippen LogP contribution in [0, 0.1) is 0 Å². The van der Waals surface area contributed by atoms with Gasteiger partial charge in [0.25, 0.3) is 0 Å². The number of nitrogens with zero attached hydrogens (tertiary/aromatic N) is 1. The highest BCUT2D eigenvalue weighted by atomic mass is 35.5. The number of carbonyl (C=O) groups excluding carboxylic acids is 1. The fourth-order valence-corrected chi connectivity index (χ4v) is 3.31. The summed E-state index contributed by atoms with van der Waals surface area (Å²) < 4.78 is 28.1. The van der Waals surface area contributed by atoms with Crippen LogP contribution in [0.15, 0.2) is 24.3 Å². The number of nitrogens with two attached hydrogens (primary N) is 1. The number of benzene rings is 1. The second-order valence-electron chi connectivity index (χ2n) is 5.77. The Kier molecular flexibility index (Phi) is 5.89. The van der Waals surface area contributed by atoms with Crippen molar-refractivity contribution in [3.8, 4) is 5.75 Å². The van der Waals surface area contributed by atoms with E-state index in [9.17, 15) is 13.2 Å². The van der Waals surface area contributed by atoms with E-state index in [4.69, 9.17) is 22.1 Å². The first kappa shape index (κ1) is 18.0. The van der Waals surface area contributed by atoms with Crippen molar-refractivity contribution < 1.29 is 17.9 Å². The van der Waals surface area contributed by atoms with Gasteiger partial charge in [-0.3, -0.25) is 4.79 Å². The van der Waals surface area contributed by atoms with Crippen molar-refractivity contribution >= 4 is 27.3 Å². The van der Waals surface area contributed by atoms with Crippen LogP contribution in [-0.2, 0) is 14.6 Å². The van der Waals surface area contributed by atoms with Crippen LogP contribution in [0.1, 0.15) is 12.8 Å². The topological polar surface area (TPSA) is 89.7 Å². The van der Waals surface area contributed by atoms with E-state index >= 15 is 0 Å². The molecule has 1 aliphatic heterocycles. The third kappa shape index (κ3) is 5.37. The molecule has 1 saturated heterocycles. The van der Waals surface area contributed by atoms with Gasteiger partial charge in [0.15, 0.2) is 0 Å². The minimum atomic E-state index is -3.12. The number of likely N-dealkylation sites (tertiary alicyclic amines) is 1. The molecular weight excluding hydrogens is 340 g/mol. The first-order valence-corrected chi connectivity index (χ1v) is 9.83. The summed E-state index contributed by atoms with van der Waals surface area (Å²) in [5.74, 6) is 0.265. The van der Waals surface area contributed by atoms with E-state index in [1.807, 2.05) is 12.1 Å². The largest absolute Gasteiger partial charge is 0.487 e. The third-order valence-corrected chi connectivity index (χ3v) is 4.99. The molecule has 0 aromatic heterocycles. The number of carbonyl (C=O) groups is 1. The lowest BCUT2D eigenvalue weighted by molar-refractivity contribution is -0.131. The summed E-state index contributed by atoms with van der Waals surface area (Å²) in [6, 6.07) is 6.38. The molecule has 23 heavy (non-hydrogen) atoms. The van der Waals surface area contributed by atoms with Crippen molar-refractivity contribution in [2.24, 2.45) is 5.73 Å². The van der Waals surface area contributed by atoms with Gasteiger partial charge in [-0.2, -0.15) is 0 Å². The Morgan fingerprint density at radius 2 is 2.17 bits per heavy atom. The predicted octanol–water partition coefficient (Wildman–Crippen LogP) is 1.08. The number of hydrogen-bond acceptors (Lipinski definition) is 5. The smallest absolute Gasteiger partial charge is 0.239 e. The second-order valence-corrected chi connectivity index (χ2v) is 8.44. The minimum absolute atomic E-state index is 0.0900. The molecular formula is C15H21ClN2O4S. The molecule has 1 aromatic rings. The standard InChI is InChI=1S/C15H21ClN2O4S/c1-23(20,21)9-7-13(17)15(19)18-8-6-11(10-18)22-14-5-3-2-4-12(14)16/h2-5,11,13H,6-10,17H2,1H3. The van der Waals surface area contributed by atoms with Crippen LogP contribution in [0.3, 0.4) is 0 Å². The first-order chi connectivity index (χ1) is 10.8. The Balaban J connectivity index is 1.87. The van der Waals surface area contributed by atoms with Gasteiger partial charge in [0.2, 0.25) is 5.91 Å². The van der Waals surface area contributed by atoms with E-state index in [0.29, 0.717) is 30.3 Å². The summed E-state index contributed by atoms with van der Waals surface area (Å²) in [6.07, 6.45) is 1.81. The average Bonchev–Trinajstić information content (AvgIpc) is 2.94. The summed E-state index contributed by atoms with van der Waals surface area (Å²) >= 11 is 6.05. The molecule has 6 nitrogen and oxygen atoms in total. The van der Waals surface area contributed by atoms with Crippen molar-refractivity contribution in [3.05, 3.63) is 29.3 Å². The quantitative estimate of drug-likeness (QED) is 0.819. The third-order valence-electron chi connectivity index (χ3n) is 3.70. The fraction of sp³-hybridized carbons (Fsp3) is 0.533. The number of halogens is 1. The van der Waals surface area contributed by atoms with Gasteiger partial charge in [-0.05, 0) is 18.6 Å². The van der Waals surface area contributed by atoms with E-state index in [-0.39, 0.29) is 24.2 Å². The van der Waals surface area contributed by atoms with E-state index < -0.39 is 15.9 Å². The number of para-hydroxylation sites is 1. The van der Waals surface area contributed by atoms with E-state index in [0.717, 1.165) is 6.26 Å². The summed E-state index contributed by atoms with van der Waals surface area (Å²) in [5.41, 5.74) is 5.81.